The van der Waals surface area contributed by atoms with Gasteiger partial charge in [-0.3, -0.25) is 4.79 Å². The Hall–Kier alpha value is -0.620. The topological polar surface area (TPSA) is 49.3 Å². The Morgan fingerprint density at radius 2 is 2.18 bits per heavy atom. The van der Waals surface area contributed by atoms with Crippen LogP contribution in [0.3, 0.4) is 0 Å². The van der Waals surface area contributed by atoms with E-state index in [4.69, 9.17) is 5.11 Å². The molecule has 3 nitrogen and oxygen atoms in total. The third-order valence-electron chi connectivity index (χ3n) is 2.78. The van der Waals surface area contributed by atoms with E-state index in [0.717, 1.165) is 9.13 Å². The highest BCUT2D eigenvalue weighted by Gasteiger charge is 2.13. The third kappa shape index (κ3) is 5.04. The Balaban J connectivity index is 2.50. The highest BCUT2D eigenvalue weighted by atomic mass is 127. The fourth-order valence-electron chi connectivity index (χ4n) is 1.44. The minimum absolute atomic E-state index is 0.000185. The predicted octanol–water partition coefficient (Wildman–Crippen LogP) is 1.97. The Bertz CT molecular complexity index is 381. The first kappa shape index (κ1) is 14.4. The lowest BCUT2D eigenvalue weighted by Crippen LogP contribution is -2.39. The number of hydrogen-bond acceptors (Lipinski definition) is 2. The second-order valence-corrected chi connectivity index (χ2v) is 5.57. The number of rotatable bonds is 5. The van der Waals surface area contributed by atoms with Crippen LogP contribution in [0.1, 0.15) is 19.4 Å². The van der Waals surface area contributed by atoms with Gasteiger partial charge in [0, 0.05) is 16.2 Å². The normalized spacial score (nSPS) is 14.1. The summed E-state index contributed by atoms with van der Waals surface area (Å²) >= 11 is 2.23. The van der Waals surface area contributed by atoms with E-state index in [1.165, 1.54) is 0 Å². The van der Waals surface area contributed by atoms with Gasteiger partial charge in [0.05, 0.1) is 6.42 Å². The number of hydrogen-bond donors (Lipinski definition) is 2. The Morgan fingerprint density at radius 1 is 1.47 bits per heavy atom. The van der Waals surface area contributed by atoms with Gasteiger partial charge in [-0.25, -0.2) is 0 Å². The molecule has 17 heavy (non-hydrogen) atoms. The van der Waals surface area contributed by atoms with Crippen molar-refractivity contribution in [3.05, 3.63) is 33.4 Å². The largest absolute Gasteiger partial charge is 0.396 e. The van der Waals surface area contributed by atoms with Crippen LogP contribution in [0.25, 0.3) is 0 Å². The number of nitrogens with one attached hydrogen (secondary N) is 1. The van der Waals surface area contributed by atoms with Crippen LogP contribution in [0.2, 0.25) is 0 Å². The summed E-state index contributed by atoms with van der Waals surface area (Å²) in [4.78, 5) is 11.8. The fourth-order valence-corrected chi connectivity index (χ4v) is 2.05. The lowest BCUT2D eigenvalue weighted by molar-refractivity contribution is -0.121. The Morgan fingerprint density at radius 3 is 2.76 bits per heavy atom. The second-order valence-electron chi connectivity index (χ2n) is 4.32. The van der Waals surface area contributed by atoms with Crippen molar-refractivity contribution in [2.24, 2.45) is 5.92 Å². The molecule has 94 valence electrons. The smallest absolute Gasteiger partial charge is 0.224 e. The summed E-state index contributed by atoms with van der Waals surface area (Å²) < 4.78 is 1.13. The third-order valence-corrected chi connectivity index (χ3v) is 3.45. The molecule has 0 aromatic heterocycles. The molecular weight excluding hydrogens is 329 g/mol. The molecule has 0 fully saturated rings. The van der Waals surface area contributed by atoms with Crippen LogP contribution < -0.4 is 5.32 Å². The molecule has 1 aromatic carbocycles. The van der Waals surface area contributed by atoms with Gasteiger partial charge in [-0.15, -0.1) is 0 Å². The molecule has 0 heterocycles. The van der Waals surface area contributed by atoms with Crippen LogP contribution in [0.4, 0.5) is 0 Å². The molecule has 4 heteroatoms. The maximum atomic E-state index is 11.8. The number of halogens is 1. The first-order valence-corrected chi connectivity index (χ1v) is 6.75. The highest BCUT2D eigenvalue weighted by Crippen LogP contribution is 2.09. The molecular formula is C13H18INO2. The van der Waals surface area contributed by atoms with E-state index in [2.05, 4.69) is 27.9 Å². The maximum Gasteiger partial charge on any atom is 0.224 e. The summed E-state index contributed by atoms with van der Waals surface area (Å²) in [5.41, 5.74) is 1.01. The van der Waals surface area contributed by atoms with Crippen molar-refractivity contribution in [1.82, 2.24) is 5.32 Å². The quantitative estimate of drug-likeness (QED) is 0.801. The van der Waals surface area contributed by atoms with Gasteiger partial charge in [0.15, 0.2) is 0 Å². The molecule has 0 spiro atoms. The first-order valence-electron chi connectivity index (χ1n) is 5.67. The summed E-state index contributed by atoms with van der Waals surface area (Å²) in [6, 6.07) is 7.89. The average Bonchev–Trinajstić information content (AvgIpc) is 2.27. The van der Waals surface area contributed by atoms with Crippen LogP contribution >= 0.6 is 22.6 Å². The molecule has 0 aliphatic carbocycles. The number of aliphatic hydroxyl groups is 1. The zero-order valence-corrected chi connectivity index (χ0v) is 12.3. The molecule has 0 aliphatic rings. The van der Waals surface area contributed by atoms with Crippen molar-refractivity contribution in [1.29, 1.82) is 0 Å². The summed E-state index contributed by atoms with van der Waals surface area (Å²) in [5.74, 6) is 0.0784. The van der Waals surface area contributed by atoms with E-state index in [-0.39, 0.29) is 24.5 Å². The van der Waals surface area contributed by atoms with E-state index >= 15 is 0 Å². The molecule has 0 bridgehead atoms. The van der Waals surface area contributed by atoms with Crippen LogP contribution in [0, 0.1) is 9.49 Å². The second kappa shape index (κ2) is 6.96. The zero-order valence-electron chi connectivity index (χ0n) is 10.1. The maximum absolute atomic E-state index is 11.8. The van der Waals surface area contributed by atoms with Crippen molar-refractivity contribution in [3.8, 4) is 0 Å². The van der Waals surface area contributed by atoms with Gasteiger partial charge in [0.2, 0.25) is 5.91 Å². The van der Waals surface area contributed by atoms with Gasteiger partial charge in [0.1, 0.15) is 0 Å². The molecule has 2 atom stereocenters. The molecule has 0 aliphatic heterocycles. The van der Waals surface area contributed by atoms with Gasteiger partial charge in [0.25, 0.3) is 0 Å². The molecule has 2 N–H and O–H groups in total. The summed E-state index contributed by atoms with van der Waals surface area (Å²) in [5, 5.41) is 11.9. The van der Waals surface area contributed by atoms with E-state index in [1.807, 2.05) is 38.1 Å². The average molecular weight is 347 g/mol. The van der Waals surface area contributed by atoms with E-state index in [1.54, 1.807) is 0 Å². The minimum Gasteiger partial charge on any atom is -0.396 e. The van der Waals surface area contributed by atoms with Crippen LogP contribution in [-0.2, 0) is 11.2 Å². The fraction of sp³-hybridized carbons (Fsp3) is 0.462. The van der Waals surface area contributed by atoms with Crippen LogP contribution in [0.15, 0.2) is 24.3 Å². The number of amides is 1. The Kier molecular flexibility index (Phi) is 5.91. The van der Waals surface area contributed by atoms with Gasteiger partial charge in [-0.1, -0.05) is 19.1 Å². The molecule has 0 saturated heterocycles. The van der Waals surface area contributed by atoms with E-state index in [0.29, 0.717) is 6.42 Å². The molecule has 1 aromatic rings. The molecule has 0 radical (unpaired) electrons. The standard InChI is InChI=1S/C13H18INO2/c1-9(8-16)10(2)15-13(17)7-11-4-3-5-12(14)6-11/h3-6,9-10,16H,7-8H2,1-2H3,(H,15,17). The zero-order chi connectivity index (χ0) is 12.8. The lowest BCUT2D eigenvalue weighted by Gasteiger charge is -2.19. The van der Waals surface area contributed by atoms with E-state index < -0.39 is 0 Å². The van der Waals surface area contributed by atoms with Crippen molar-refractivity contribution in [2.45, 2.75) is 26.3 Å². The van der Waals surface area contributed by atoms with Crippen LogP contribution in [-0.4, -0.2) is 23.7 Å². The monoisotopic (exact) mass is 347 g/mol. The van der Waals surface area contributed by atoms with Crippen molar-refractivity contribution >= 4 is 28.5 Å². The lowest BCUT2D eigenvalue weighted by atomic mass is 10.0. The number of carbonyl (C=O) groups is 1. The molecule has 0 saturated carbocycles. The van der Waals surface area contributed by atoms with Gasteiger partial charge in [-0.2, -0.15) is 0 Å². The number of benzene rings is 1. The molecule has 1 amide bonds. The number of aliphatic hydroxyl groups excluding tert-OH is 1. The van der Waals surface area contributed by atoms with Gasteiger partial charge >= 0.3 is 0 Å². The van der Waals surface area contributed by atoms with Gasteiger partial charge < -0.3 is 10.4 Å². The SMILES string of the molecule is CC(CO)C(C)NC(=O)Cc1cccc(I)c1. The summed E-state index contributed by atoms with van der Waals surface area (Å²) in [6.07, 6.45) is 0.388. The molecule has 1 rings (SSSR count). The molecule has 2 unspecified atom stereocenters. The van der Waals surface area contributed by atoms with Gasteiger partial charge in [-0.05, 0) is 53.1 Å². The highest BCUT2D eigenvalue weighted by molar-refractivity contribution is 14.1. The minimum atomic E-state index is -0.00437. The summed E-state index contributed by atoms with van der Waals surface area (Å²) in [6.45, 7) is 3.91. The van der Waals surface area contributed by atoms with Crippen molar-refractivity contribution in [3.63, 3.8) is 0 Å². The predicted molar refractivity (Wildman–Crippen MR) is 76.7 cm³/mol. The Labute approximate surface area is 116 Å². The van der Waals surface area contributed by atoms with E-state index in [9.17, 15) is 4.79 Å². The number of carbonyl (C=O) groups excluding carboxylic acids is 1. The first-order chi connectivity index (χ1) is 8.02. The summed E-state index contributed by atoms with van der Waals surface area (Å²) in [7, 11) is 0. The van der Waals surface area contributed by atoms with Crippen LogP contribution in [0.5, 0.6) is 0 Å². The van der Waals surface area contributed by atoms with Crippen molar-refractivity contribution in [2.75, 3.05) is 6.61 Å². The van der Waals surface area contributed by atoms with Crippen molar-refractivity contribution < 1.29 is 9.90 Å².